The molecule has 7 nitrogen and oxygen atoms in total. The van der Waals surface area contributed by atoms with E-state index in [1.807, 2.05) is 66.1 Å². The number of rotatable bonds is 8. The van der Waals surface area contributed by atoms with Gasteiger partial charge in [-0.05, 0) is 77.2 Å². The number of esters is 1. The number of hydrogen-bond acceptors (Lipinski definition) is 8. The fourth-order valence-electron chi connectivity index (χ4n) is 4.35. The summed E-state index contributed by atoms with van der Waals surface area (Å²) in [6.45, 7) is 4.20. The molecule has 4 aromatic rings. The highest BCUT2D eigenvalue weighted by Crippen LogP contribution is 2.35. The van der Waals surface area contributed by atoms with Gasteiger partial charge in [-0.1, -0.05) is 47.7 Å². The number of methoxy groups -OCH3 is 1. The molecule has 3 heterocycles. The summed E-state index contributed by atoms with van der Waals surface area (Å²) in [5, 5.41) is 1.93. The van der Waals surface area contributed by atoms with Crippen LogP contribution < -0.4 is 24.4 Å². The molecule has 0 fully saturated rings. The predicted molar refractivity (Wildman–Crippen MR) is 161 cm³/mol. The van der Waals surface area contributed by atoms with Gasteiger partial charge in [0.05, 0.1) is 33.1 Å². The molecule has 1 aliphatic heterocycles. The van der Waals surface area contributed by atoms with Gasteiger partial charge in [-0.3, -0.25) is 9.36 Å². The van der Waals surface area contributed by atoms with Gasteiger partial charge in [0, 0.05) is 4.88 Å². The Kier molecular flexibility index (Phi) is 8.34. The average Bonchev–Trinajstić information content (AvgIpc) is 3.56. The lowest BCUT2D eigenvalue weighted by Gasteiger charge is -2.23. The molecule has 2 aromatic carbocycles. The number of thiophene rings is 1. The van der Waals surface area contributed by atoms with Crippen LogP contribution in [0.2, 0.25) is 0 Å². The fraction of sp³-hybridized carbons (Fsp3) is 0.207. The minimum absolute atomic E-state index is 0.218. The molecule has 39 heavy (non-hydrogen) atoms. The molecule has 0 amide bonds. The van der Waals surface area contributed by atoms with Crippen LogP contribution in [0, 0.1) is 3.57 Å². The Bertz CT molecular complexity index is 1720. The summed E-state index contributed by atoms with van der Waals surface area (Å²) in [5.41, 5.74) is 2.57. The van der Waals surface area contributed by atoms with E-state index in [-0.39, 0.29) is 12.2 Å². The summed E-state index contributed by atoms with van der Waals surface area (Å²) in [7, 11) is 1.60. The number of nitrogens with zero attached hydrogens (tertiary/aromatic N) is 2. The number of ether oxygens (including phenoxy) is 3. The van der Waals surface area contributed by atoms with Crippen LogP contribution >= 0.6 is 45.3 Å². The Labute approximate surface area is 246 Å². The van der Waals surface area contributed by atoms with Crippen molar-refractivity contribution < 1.29 is 19.0 Å². The quantitative estimate of drug-likeness (QED) is 0.194. The highest BCUT2D eigenvalue weighted by molar-refractivity contribution is 14.1. The van der Waals surface area contributed by atoms with Crippen LogP contribution in [0.4, 0.5) is 0 Å². The minimum atomic E-state index is -0.592. The molecule has 0 aliphatic carbocycles. The van der Waals surface area contributed by atoms with Crippen LogP contribution in [0.15, 0.2) is 81.0 Å². The van der Waals surface area contributed by atoms with Gasteiger partial charge in [-0.2, -0.15) is 0 Å². The van der Waals surface area contributed by atoms with Gasteiger partial charge in [0.2, 0.25) is 0 Å². The number of aromatic nitrogens is 1. The van der Waals surface area contributed by atoms with Crippen molar-refractivity contribution in [3.05, 3.63) is 111 Å². The second kappa shape index (κ2) is 11.9. The molecule has 5 rings (SSSR count). The van der Waals surface area contributed by atoms with E-state index in [1.165, 1.54) is 22.7 Å². The first-order valence-electron chi connectivity index (χ1n) is 12.2. The molecule has 1 atom stereocenters. The molecule has 2 aromatic heterocycles. The Hall–Kier alpha value is -3.22. The molecule has 1 aliphatic rings. The maximum atomic E-state index is 13.8. The van der Waals surface area contributed by atoms with Crippen molar-refractivity contribution in [3.8, 4) is 11.5 Å². The molecule has 200 valence electrons. The van der Waals surface area contributed by atoms with Crippen molar-refractivity contribution in [2.75, 3.05) is 13.7 Å². The van der Waals surface area contributed by atoms with Crippen molar-refractivity contribution in [2.24, 2.45) is 4.99 Å². The van der Waals surface area contributed by atoms with Gasteiger partial charge in [0.15, 0.2) is 16.3 Å². The lowest BCUT2D eigenvalue weighted by atomic mass is 10.0. The van der Waals surface area contributed by atoms with Crippen LogP contribution in [0.1, 0.15) is 35.9 Å². The SMILES string of the molecule is CCOC(=O)C1=C(C)N=c2s/c(=C/c3cc(I)c(OCc4ccccc4)c(OC)c3)c(=O)n2[C@@H]1c1cccs1. The van der Waals surface area contributed by atoms with E-state index in [1.54, 1.807) is 25.5 Å². The largest absolute Gasteiger partial charge is 0.493 e. The van der Waals surface area contributed by atoms with E-state index in [0.717, 1.165) is 19.6 Å². The summed E-state index contributed by atoms with van der Waals surface area (Å²) >= 11 is 5.00. The van der Waals surface area contributed by atoms with E-state index < -0.39 is 12.0 Å². The van der Waals surface area contributed by atoms with Crippen molar-refractivity contribution in [3.63, 3.8) is 0 Å². The zero-order valence-electron chi connectivity index (χ0n) is 21.5. The van der Waals surface area contributed by atoms with E-state index in [4.69, 9.17) is 14.2 Å². The van der Waals surface area contributed by atoms with Crippen molar-refractivity contribution in [1.82, 2.24) is 4.57 Å². The predicted octanol–water partition coefficient (Wildman–Crippen LogP) is 5.05. The van der Waals surface area contributed by atoms with Crippen LogP contribution in [-0.4, -0.2) is 24.3 Å². The summed E-state index contributed by atoms with van der Waals surface area (Å²) in [6, 6.07) is 17.0. The molecule has 0 radical (unpaired) electrons. The van der Waals surface area contributed by atoms with Crippen LogP contribution in [0.5, 0.6) is 11.5 Å². The summed E-state index contributed by atoms with van der Waals surface area (Å²) < 4.78 is 20.0. The molecule has 0 bridgehead atoms. The van der Waals surface area contributed by atoms with Gasteiger partial charge in [0.25, 0.3) is 5.56 Å². The molecule has 0 spiro atoms. The third kappa shape index (κ3) is 5.59. The molecule has 10 heteroatoms. The number of halogens is 1. The molecule has 0 N–H and O–H groups in total. The first-order chi connectivity index (χ1) is 18.9. The lowest BCUT2D eigenvalue weighted by Crippen LogP contribution is -2.39. The molecule has 0 saturated heterocycles. The zero-order valence-corrected chi connectivity index (χ0v) is 25.3. The number of carbonyl (C=O) groups is 1. The molecule has 0 unspecified atom stereocenters. The topological polar surface area (TPSA) is 79.1 Å². The van der Waals surface area contributed by atoms with E-state index >= 15 is 0 Å². The van der Waals surface area contributed by atoms with E-state index in [9.17, 15) is 9.59 Å². The van der Waals surface area contributed by atoms with Gasteiger partial charge >= 0.3 is 5.97 Å². The summed E-state index contributed by atoms with van der Waals surface area (Å²) in [6.07, 6.45) is 1.82. The third-order valence-electron chi connectivity index (χ3n) is 6.11. The van der Waals surface area contributed by atoms with Crippen LogP contribution in [0.25, 0.3) is 6.08 Å². The van der Waals surface area contributed by atoms with Gasteiger partial charge < -0.3 is 14.2 Å². The van der Waals surface area contributed by atoms with Crippen molar-refractivity contribution >= 4 is 57.3 Å². The Morgan fingerprint density at radius 2 is 1.97 bits per heavy atom. The molecule has 0 saturated carbocycles. The normalized spacial score (nSPS) is 15.1. The number of hydrogen-bond donors (Lipinski definition) is 0. The maximum Gasteiger partial charge on any atom is 0.338 e. The van der Waals surface area contributed by atoms with Crippen LogP contribution in [0.3, 0.4) is 0 Å². The number of fused-ring (bicyclic) bond motifs is 1. The first-order valence-corrected chi connectivity index (χ1v) is 15.0. The highest BCUT2D eigenvalue weighted by Gasteiger charge is 2.33. The van der Waals surface area contributed by atoms with E-state index in [0.29, 0.717) is 38.7 Å². The van der Waals surface area contributed by atoms with Crippen LogP contribution in [-0.2, 0) is 16.1 Å². The molecular formula is C29H25IN2O5S2. The Morgan fingerprint density at radius 1 is 1.18 bits per heavy atom. The highest BCUT2D eigenvalue weighted by atomic mass is 127. The lowest BCUT2D eigenvalue weighted by molar-refractivity contribution is -0.139. The minimum Gasteiger partial charge on any atom is -0.493 e. The standard InChI is InChI=1S/C29H25IN2O5S2/c1-4-36-28(34)24-17(2)31-29-32(25(24)22-11-8-12-38-22)27(33)23(39-29)15-19-13-20(30)26(21(14-19)35-3)37-16-18-9-6-5-7-10-18/h5-15,25H,4,16H2,1-3H3/b23-15+/t25-/m1/s1. The van der Waals surface area contributed by atoms with Gasteiger partial charge in [0.1, 0.15) is 12.6 Å². The third-order valence-corrected chi connectivity index (χ3v) is 8.81. The number of carbonyl (C=O) groups excluding carboxylic acids is 1. The second-order valence-electron chi connectivity index (χ2n) is 8.63. The number of benzene rings is 2. The number of thiazole rings is 1. The van der Waals surface area contributed by atoms with Gasteiger partial charge in [-0.15, -0.1) is 11.3 Å². The monoisotopic (exact) mass is 672 g/mol. The summed E-state index contributed by atoms with van der Waals surface area (Å²) in [4.78, 5) is 32.8. The maximum absolute atomic E-state index is 13.8. The van der Waals surface area contributed by atoms with Gasteiger partial charge in [-0.25, -0.2) is 9.79 Å². The Balaban J connectivity index is 1.56. The van der Waals surface area contributed by atoms with E-state index in [2.05, 4.69) is 27.6 Å². The number of allylic oxidation sites excluding steroid dienone is 1. The Morgan fingerprint density at radius 3 is 2.67 bits per heavy atom. The second-order valence-corrected chi connectivity index (χ2v) is 11.8. The van der Waals surface area contributed by atoms with Crippen molar-refractivity contribution in [2.45, 2.75) is 26.5 Å². The fourth-order valence-corrected chi connectivity index (χ4v) is 7.00. The first kappa shape index (κ1) is 27.4. The molecular weight excluding hydrogens is 647 g/mol. The van der Waals surface area contributed by atoms with Crippen molar-refractivity contribution in [1.29, 1.82) is 0 Å². The zero-order chi connectivity index (χ0) is 27.5. The summed E-state index contributed by atoms with van der Waals surface area (Å²) in [5.74, 6) is 0.763. The smallest absolute Gasteiger partial charge is 0.338 e. The average molecular weight is 673 g/mol.